The van der Waals surface area contributed by atoms with Gasteiger partial charge in [0.2, 0.25) is 39.3 Å². The Kier molecular flexibility index (Phi) is 31.5. The summed E-state index contributed by atoms with van der Waals surface area (Å²) in [4.78, 5) is 0. The molecule has 0 aliphatic rings. The molecule has 0 bridgehead atoms. The molecule has 0 spiro atoms. The first-order chi connectivity index (χ1) is 13.1. The van der Waals surface area contributed by atoms with E-state index < -0.39 is 68.3 Å². The van der Waals surface area contributed by atoms with Crippen molar-refractivity contribution in [3.8, 4) is 0 Å². The van der Waals surface area contributed by atoms with Gasteiger partial charge in [0.1, 0.15) is 0 Å². The van der Waals surface area contributed by atoms with Crippen molar-refractivity contribution in [1.29, 1.82) is 0 Å². The maximum absolute atomic E-state index is 11.4. The van der Waals surface area contributed by atoms with E-state index in [-0.39, 0.29) is 14.9 Å². The van der Waals surface area contributed by atoms with E-state index >= 15 is 0 Å². The number of rotatable bonds is 4. The summed E-state index contributed by atoms with van der Waals surface area (Å²) in [6.07, 6.45) is 2.16. The van der Waals surface area contributed by atoms with E-state index in [4.69, 9.17) is 17.2 Å². The molecule has 0 aliphatic heterocycles. The van der Waals surface area contributed by atoms with Crippen LogP contribution in [-0.4, -0.2) is 78.0 Å². The Hall–Kier alpha value is 0.780. The van der Waals surface area contributed by atoms with Gasteiger partial charge in [-0.2, -0.15) is 25.3 Å². The fraction of sp³-hybridized carbons (Fsp3) is 1.00. The van der Waals surface area contributed by atoms with Crippen molar-refractivity contribution in [3.05, 3.63) is 0 Å². The lowest BCUT2D eigenvalue weighted by molar-refractivity contribution is 0.501. The first kappa shape index (κ1) is 51.4. The highest BCUT2D eigenvalue weighted by atomic mass is 36.0. The zero-order valence-electron chi connectivity index (χ0n) is 15.1. The molecule has 0 aromatic rings. The fourth-order valence-corrected chi connectivity index (χ4v) is 4.28. The molecule has 0 saturated carbocycles. The molecular weight excluding hydrogens is 711 g/mol. The number of sulfonamides is 3. The van der Waals surface area contributed by atoms with Crippen LogP contribution in [0.1, 0.15) is 14.9 Å². The summed E-state index contributed by atoms with van der Waals surface area (Å²) in [7, 11) is -8.46. The molecule has 5 N–H and O–H groups in total. The molecular formula is C5H22Cl4FN3O14S7. The number of hydrogen-bond acceptors (Lipinski definition) is 13. The average molecular weight is 734 g/mol. The molecule has 0 unspecified atom stereocenters. The monoisotopic (exact) mass is 731 g/mol. The number of halogens is 5. The molecule has 34 heavy (non-hydrogen) atoms. The summed E-state index contributed by atoms with van der Waals surface area (Å²) in [5.41, 5.74) is 0. The number of nitrogens with two attached hydrogens (primary N) is 1. The molecule has 0 aromatic carbocycles. The van der Waals surface area contributed by atoms with E-state index in [0.29, 0.717) is 12.5 Å². The predicted molar refractivity (Wildman–Crippen MR) is 131 cm³/mol. The molecule has 0 heterocycles. The molecule has 0 saturated heterocycles. The lowest BCUT2D eigenvalue weighted by Crippen LogP contribution is -2.25. The molecule has 0 aliphatic carbocycles. The van der Waals surface area contributed by atoms with E-state index in [2.05, 4.69) is 47.9 Å². The summed E-state index contributed by atoms with van der Waals surface area (Å²) in [5.74, 6) is 0. The summed E-state index contributed by atoms with van der Waals surface area (Å²) in [6.45, 7) is 0. The van der Waals surface area contributed by atoms with Gasteiger partial charge in [-0.15, -0.1) is 0 Å². The number of primary sulfonamides is 1. The van der Waals surface area contributed by atoms with E-state index in [1.165, 1.54) is 4.13 Å². The highest BCUT2D eigenvalue weighted by Crippen LogP contribution is 1.91. The van der Waals surface area contributed by atoms with E-state index in [1.54, 1.807) is 0 Å². The van der Waals surface area contributed by atoms with Gasteiger partial charge in [-0.25, -0.2) is 34.6 Å². The maximum atomic E-state index is 11.4. The lowest BCUT2D eigenvalue weighted by atomic mass is 12.0. The first-order valence-electron chi connectivity index (χ1n) is 5.40. The molecule has 0 rings (SSSR count). The molecule has 218 valence electrons. The standard InChI is InChI=1S/CH4ClNO4S2.CH4FNO4S2.CH5NO2S.2CH4.Cl2OS.ClHO3S/c2*1-8(4,5)3-9(2,6)7;1-5(2,3)4;;;1-4(2)3;1-5(2,3)4/h2*3H,1H3;1H3,(H2,2,3,4);2*1H4;;(H,2,3,4). The first-order valence-corrected chi connectivity index (χ1v) is 19.9. The molecule has 0 fully saturated rings. The minimum atomic E-state index is -5.12. The Morgan fingerprint density at radius 1 is 0.735 bits per heavy atom. The maximum Gasteiger partial charge on any atom is 0.385 e. The Morgan fingerprint density at radius 2 is 0.882 bits per heavy atom. The van der Waals surface area contributed by atoms with Crippen LogP contribution in [-0.2, 0) is 68.3 Å². The number of hydrogen-bond donors (Lipinski definition) is 4. The molecule has 17 nitrogen and oxygen atoms in total. The highest BCUT2D eigenvalue weighted by molar-refractivity contribution is 8.26. The molecule has 0 amide bonds. The summed E-state index contributed by atoms with van der Waals surface area (Å²) in [6, 6.07) is 0. The third-order valence-electron chi connectivity index (χ3n) is 0.502. The van der Waals surface area contributed by atoms with Crippen LogP contribution in [0.4, 0.5) is 3.89 Å². The molecule has 0 atom stereocenters. The zero-order valence-corrected chi connectivity index (χ0v) is 23.8. The second-order valence-corrected chi connectivity index (χ2v) is 17.6. The molecule has 0 radical (unpaired) electrons. The van der Waals surface area contributed by atoms with E-state index in [0.717, 1.165) is 10.4 Å². The van der Waals surface area contributed by atoms with Crippen molar-refractivity contribution in [1.82, 2.24) is 8.25 Å². The Balaban J connectivity index is -0.0000000549. The van der Waals surface area contributed by atoms with Gasteiger partial charge < -0.3 is 0 Å². The van der Waals surface area contributed by atoms with E-state index in [9.17, 15) is 46.0 Å². The van der Waals surface area contributed by atoms with Crippen LogP contribution < -0.4 is 13.4 Å². The predicted octanol–water partition coefficient (Wildman–Crippen LogP) is -0.983. The van der Waals surface area contributed by atoms with Crippen LogP contribution >= 0.6 is 42.7 Å². The second kappa shape index (κ2) is 20.8. The third-order valence-corrected chi connectivity index (χ3v) is 5.08. The Labute approximate surface area is 219 Å². The second-order valence-electron chi connectivity index (χ2n) is 4.01. The molecule has 29 heteroatoms. The van der Waals surface area contributed by atoms with Crippen LogP contribution in [0.3, 0.4) is 0 Å². The van der Waals surface area contributed by atoms with Gasteiger partial charge in [0.15, 0.2) is 0 Å². The average Bonchev–Trinajstić information content (AvgIpc) is 2.09. The zero-order chi connectivity index (χ0) is 28.0. The smallest absolute Gasteiger partial charge is 0.273 e. The Bertz CT molecular complexity index is 1040. The van der Waals surface area contributed by atoms with Crippen LogP contribution in [0.2, 0.25) is 0 Å². The van der Waals surface area contributed by atoms with Gasteiger partial charge in [0.25, 0.3) is 0 Å². The van der Waals surface area contributed by atoms with Crippen LogP contribution in [0, 0.1) is 0 Å². The highest BCUT2D eigenvalue weighted by Gasteiger charge is 2.13. The fourth-order valence-electron chi connectivity index (χ4n) is 0.362. The Morgan fingerprint density at radius 3 is 0.882 bits per heavy atom. The van der Waals surface area contributed by atoms with Gasteiger partial charge in [-0.1, -0.05) is 27.0 Å². The van der Waals surface area contributed by atoms with Crippen molar-refractivity contribution in [2.24, 2.45) is 5.14 Å². The van der Waals surface area contributed by atoms with Gasteiger partial charge in [0, 0.05) is 42.7 Å². The quantitative estimate of drug-likeness (QED) is 0.200. The summed E-state index contributed by atoms with van der Waals surface area (Å²) >= 11 is 0. The van der Waals surface area contributed by atoms with Crippen molar-refractivity contribution < 1.29 is 63.2 Å². The van der Waals surface area contributed by atoms with E-state index in [1.807, 2.05) is 0 Å². The number of nitrogens with one attached hydrogen (secondary N) is 2. The third kappa shape index (κ3) is 203. The van der Waals surface area contributed by atoms with Gasteiger partial charge in [-0.05, 0) is 0 Å². The van der Waals surface area contributed by atoms with Gasteiger partial charge >= 0.3 is 29.0 Å². The van der Waals surface area contributed by atoms with Crippen LogP contribution in [0.15, 0.2) is 0 Å². The molecule has 0 aromatic heterocycles. The summed E-state index contributed by atoms with van der Waals surface area (Å²) < 4.78 is 145. The van der Waals surface area contributed by atoms with Crippen molar-refractivity contribution in [3.63, 3.8) is 0 Å². The van der Waals surface area contributed by atoms with Crippen molar-refractivity contribution in [2.75, 3.05) is 18.8 Å². The normalized spacial score (nSPS) is 11.6. The SMILES string of the molecule is C.C.CS(=O)(=O)NS(=O)(=O)Cl.CS(=O)(=O)NS(=O)(=O)F.CS(N)(=O)=O.O=S(=O)(O)Cl.O=S(Cl)Cl. The minimum Gasteiger partial charge on any atom is -0.273 e. The lowest BCUT2D eigenvalue weighted by Gasteiger charge is -1.92. The topological polar surface area (TPSA) is 292 Å². The van der Waals surface area contributed by atoms with Crippen molar-refractivity contribution >= 4 is 111 Å². The van der Waals surface area contributed by atoms with Crippen molar-refractivity contribution in [2.45, 2.75) is 14.9 Å². The van der Waals surface area contributed by atoms with Gasteiger partial charge in [0.05, 0.1) is 18.8 Å². The van der Waals surface area contributed by atoms with Crippen LogP contribution in [0.5, 0.6) is 0 Å². The largest absolute Gasteiger partial charge is 0.385 e. The minimum absolute atomic E-state index is 0. The van der Waals surface area contributed by atoms with Crippen LogP contribution in [0.25, 0.3) is 0 Å². The summed E-state index contributed by atoms with van der Waals surface area (Å²) in [5, 5.41) is 4.33. The van der Waals surface area contributed by atoms with Gasteiger partial charge in [-0.3, -0.25) is 4.55 Å².